The first-order chi connectivity index (χ1) is 13.4. The van der Waals surface area contributed by atoms with Crippen LogP contribution in [-0.4, -0.2) is 11.1 Å². The maximum atomic E-state index is 13.4. The molecule has 28 heavy (non-hydrogen) atoms. The van der Waals surface area contributed by atoms with Gasteiger partial charge in [0, 0.05) is 6.42 Å². The molecule has 0 amide bonds. The lowest BCUT2D eigenvalue weighted by atomic mass is 9.69. The Hall–Kier alpha value is -2.91. The lowest BCUT2D eigenvalue weighted by Gasteiger charge is -2.38. The zero-order valence-corrected chi connectivity index (χ0v) is 16.2. The number of ether oxygens (including phenoxy) is 1. The van der Waals surface area contributed by atoms with Gasteiger partial charge in [-0.1, -0.05) is 84.4 Å². The van der Waals surface area contributed by atoms with Crippen molar-refractivity contribution in [1.29, 1.82) is 0 Å². The van der Waals surface area contributed by atoms with E-state index in [2.05, 4.69) is 0 Å². The fraction of sp³-hybridized carbons (Fsp3) is 0.240. The molecule has 0 unspecified atom stereocenters. The summed E-state index contributed by atoms with van der Waals surface area (Å²) >= 11 is 0. The third-order valence-electron chi connectivity index (χ3n) is 5.98. The van der Waals surface area contributed by atoms with Gasteiger partial charge in [0.2, 0.25) is 0 Å². The molecule has 142 valence electrons. The molecule has 2 atom stereocenters. The van der Waals surface area contributed by atoms with Crippen molar-refractivity contribution in [1.82, 2.24) is 0 Å². The van der Waals surface area contributed by atoms with Crippen molar-refractivity contribution < 1.29 is 14.6 Å². The van der Waals surface area contributed by atoms with Crippen LogP contribution in [0.15, 0.2) is 78.9 Å². The van der Waals surface area contributed by atoms with Crippen LogP contribution in [0.5, 0.6) is 0 Å². The molecular formula is C25H24O3. The van der Waals surface area contributed by atoms with E-state index < -0.39 is 17.0 Å². The molecule has 3 aromatic rings. The topological polar surface area (TPSA) is 46.5 Å². The molecule has 1 N–H and O–H groups in total. The second-order valence-electron chi connectivity index (χ2n) is 7.75. The van der Waals surface area contributed by atoms with Gasteiger partial charge in [0.25, 0.3) is 0 Å². The molecule has 0 heterocycles. The Morgan fingerprint density at radius 2 is 1.61 bits per heavy atom. The Kier molecular flexibility index (Phi) is 4.56. The number of fused-ring (bicyclic) bond motifs is 1. The standard InChI is InChI=1S/C25H24O3/c1-18-12-14-21(15-13-18)25(27)16-20-10-6-7-11-22(20)24(25,2)23(26)28-17-19-8-4-3-5-9-19/h3-15,27H,16-17H2,1-2H3/t24-,25+/m0/s1. The van der Waals surface area contributed by atoms with E-state index in [0.717, 1.165) is 27.8 Å². The van der Waals surface area contributed by atoms with Crippen molar-refractivity contribution in [2.24, 2.45) is 0 Å². The van der Waals surface area contributed by atoms with Crippen LogP contribution >= 0.6 is 0 Å². The lowest BCUT2D eigenvalue weighted by Crippen LogP contribution is -2.50. The van der Waals surface area contributed by atoms with Crippen molar-refractivity contribution in [2.75, 3.05) is 0 Å². The average molecular weight is 372 g/mol. The first-order valence-corrected chi connectivity index (χ1v) is 9.54. The molecule has 3 heteroatoms. The number of benzene rings is 3. The highest BCUT2D eigenvalue weighted by Gasteiger charge is 2.60. The molecule has 1 aliphatic rings. The number of aryl methyl sites for hydroxylation is 1. The summed E-state index contributed by atoms with van der Waals surface area (Å²) in [5.41, 5.74) is 2.02. The minimum absolute atomic E-state index is 0.182. The fourth-order valence-electron chi connectivity index (χ4n) is 4.20. The Morgan fingerprint density at radius 1 is 0.964 bits per heavy atom. The maximum absolute atomic E-state index is 13.4. The zero-order chi connectivity index (χ0) is 19.8. The number of carbonyl (C=O) groups is 1. The monoisotopic (exact) mass is 372 g/mol. The summed E-state index contributed by atoms with van der Waals surface area (Å²) in [6, 6.07) is 25.1. The van der Waals surface area contributed by atoms with Gasteiger partial charge in [-0.2, -0.15) is 0 Å². The first kappa shape index (κ1) is 18.5. The van der Waals surface area contributed by atoms with Gasteiger partial charge in [0.15, 0.2) is 0 Å². The summed E-state index contributed by atoms with van der Waals surface area (Å²) in [5, 5.41) is 11.9. The Morgan fingerprint density at radius 3 is 2.32 bits per heavy atom. The van der Waals surface area contributed by atoms with Gasteiger partial charge in [-0.3, -0.25) is 4.79 Å². The van der Waals surface area contributed by atoms with E-state index in [0.29, 0.717) is 6.42 Å². The summed E-state index contributed by atoms with van der Waals surface area (Å²) in [4.78, 5) is 13.4. The summed E-state index contributed by atoms with van der Waals surface area (Å²) in [6.07, 6.45) is 0.378. The van der Waals surface area contributed by atoms with E-state index in [1.54, 1.807) is 6.92 Å². The van der Waals surface area contributed by atoms with Crippen LogP contribution in [0, 0.1) is 6.92 Å². The van der Waals surface area contributed by atoms with Gasteiger partial charge < -0.3 is 9.84 Å². The van der Waals surface area contributed by atoms with Gasteiger partial charge in [-0.25, -0.2) is 0 Å². The normalized spacial score (nSPS) is 23.2. The van der Waals surface area contributed by atoms with Crippen LogP contribution in [0.25, 0.3) is 0 Å². The van der Waals surface area contributed by atoms with Gasteiger partial charge in [0.1, 0.15) is 17.6 Å². The van der Waals surface area contributed by atoms with Crippen LogP contribution in [0.1, 0.15) is 34.7 Å². The molecule has 1 aliphatic carbocycles. The zero-order valence-electron chi connectivity index (χ0n) is 16.2. The van der Waals surface area contributed by atoms with E-state index in [4.69, 9.17) is 4.74 Å². The van der Waals surface area contributed by atoms with Crippen molar-refractivity contribution in [3.8, 4) is 0 Å². The second-order valence-corrected chi connectivity index (χ2v) is 7.75. The summed E-state index contributed by atoms with van der Waals surface area (Å²) in [5.74, 6) is -0.413. The fourth-order valence-corrected chi connectivity index (χ4v) is 4.20. The Bertz CT molecular complexity index is 994. The lowest BCUT2D eigenvalue weighted by molar-refractivity contribution is -0.163. The van der Waals surface area contributed by atoms with Gasteiger partial charge in [-0.15, -0.1) is 0 Å². The molecule has 0 saturated heterocycles. The number of hydrogen-bond acceptors (Lipinski definition) is 3. The number of hydrogen-bond donors (Lipinski definition) is 1. The van der Waals surface area contributed by atoms with E-state index in [9.17, 15) is 9.90 Å². The average Bonchev–Trinajstić information content (AvgIpc) is 2.96. The first-order valence-electron chi connectivity index (χ1n) is 9.54. The summed E-state index contributed by atoms with van der Waals surface area (Å²) in [7, 11) is 0. The molecule has 0 aromatic heterocycles. The highest BCUT2D eigenvalue weighted by Crippen LogP contribution is 2.52. The number of carbonyl (C=O) groups excluding carboxylic acids is 1. The molecule has 0 spiro atoms. The van der Waals surface area contributed by atoms with E-state index >= 15 is 0 Å². The predicted octanol–water partition coefficient (Wildman–Crippen LogP) is 4.44. The third kappa shape index (κ3) is 2.83. The molecule has 4 rings (SSSR count). The van der Waals surface area contributed by atoms with Crippen LogP contribution < -0.4 is 0 Å². The number of esters is 1. The van der Waals surface area contributed by atoms with Crippen LogP contribution in [-0.2, 0) is 33.6 Å². The number of aliphatic hydroxyl groups is 1. The minimum Gasteiger partial charge on any atom is -0.460 e. The second kappa shape index (κ2) is 6.92. The van der Waals surface area contributed by atoms with Crippen LogP contribution in [0.4, 0.5) is 0 Å². The predicted molar refractivity (Wildman–Crippen MR) is 109 cm³/mol. The van der Waals surface area contributed by atoms with Crippen molar-refractivity contribution in [2.45, 2.75) is 37.9 Å². The SMILES string of the molecule is Cc1ccc([C@]2(O)Cc3ccccc3[C@@]2(C)C(=O)OCc2ccccc2)cc1. The molecule has 0 saturated carbocycles. The van der Waals surface area contributed by atoms with Gasteiger partial charge >= 0.3 is 5.97 Å². The number of rotatable bonds is 4. The Labute approximate surface area is 165 Å². The summed E-state index contributed by atoms with van der Waals surface area (Å²) in [6.45, 7) is 3.98. The third-order valence-corrected chi connectivity index (χ3v) is 5.98. The van der Waals surface area contributed by atoms with Crippen LogP contribution in [0.2, 0.25) is 0 Å². The molecule has 0 fully saturated rings. The minimum atomic E-state index is -1.36. The maximum Gasteiger partial charge on any atom is 0.319 e. The molecule has 0 radical (unpaired) electrons. The molecule has 0 bridgehead atoms. The molecule has 0 aliphatic heterocycles. The van der Waals surface area contributed by atoms with Crippen LogP contribution in [0.3, 0.4) is 0 Å². The highest BCUT2D eigenvalue weighted by atomic mass is 16.5. The Balaban J connectivity index is 1.74. The molecular weight excluding hydrogens is 348 g/mol. The van der Waals surface area contributed by atoms with Gasteiger partial charge in [-0.05, 0) is 36.1 Å². The summed E-state index contributed by atoms with van der Waals surface area (Å²) < 4.78 is 5.71. The van der Waals surface area contributed by atoms with E-state index in [1.165, 1.54) is 0 Å². The highest BCUT2D eigenvalue weighted by molar-refractivity contribution is 5.87. The quantitative estimate of drug-likeness (QED) is 0.689. The molecule has 3 nitrogen and oxygen atoms in total. The van der Waals surface area contributed by atoms with Crippen molar-refractivity contribution >= 4 is 5.97 Å². The smallest absolute Gasteiger partial charge is 0.319 e. The van der Waals surface area contributed by atoms with E-state index in [-0.39, 0.29) is 6.61 Å². The van der Waals surface area contributed by atoms with E-state index in [1.807, 2.05) is 85.8 Å². The molecule has 3 aromatic carbocycles. The van der Waals surface area contributed by atoms with Crippen molar-refractivity contribution in [3.05, 3.63) is 107 Å². The van der Waals surface area contributed by atoms with Gasteiger partial charge in [0.05, 0.1) is 0 Å². The van der Waals surface area contributed by atoms with Crippen molar-refractivity contribution in [3.63, 3.8) is 0 Å². The largest absolute Gasteiger partial charge is 0.460 e.